The summed E-state index contributed by atoms with van der Waals surface area (Å²) < 4.78 is 10.9. The number of ether oxygens (including phenoxy) is 2. The van der Waals surface area contributed by atoms with Crippen molar-refractivity contribution in [3.8, 4) is 0 Å². The smallest absolute Gasteiger partial charge is 0.185 e. The van der Waals surface area contributed by atoms with Gasteiger partial charge in [-0.05, 0) is 18.6 Å². The van der Waals surface area contributed by atoms with E-state index in [0.717, 1.165) is 5.56 Å². The van der Waals surface area contributed by atoms with Gasteiger partial charge in [-0.2, -0.15) is 0 Å². The molecule has 0 spiro atoms. The molecule has 74 valence electrons. The second kappa shape index (κ2) is 3.95. The zero-order chi connectivity index (χ0) is 9.86. The molecule has 14 heavy (non-hydrogen) atoms. The number of hydrogen-bond donors (Lipinski definition) is 0. The summed E-state index contributed by atoms with van der Waals surface area (Å²) in [6, 6.07) is 10.1. The van der Waals surface area contributed by atoms with Crippen LogP contribution in [0, 0.1) is 0 Å². The molecular formula is C12H14O2. The second-order valence-corrected chi connectivity index (χ2v) is 3.46. The highest BCUT2D eigenvalue weighted by molar-refractivity contribution is 5.49. The summed E-state index contributed by atoms with van der Waals surface area (Å²) in [5.41, 5.74) is 1.16. The van der Waals surface area contributed by atoms with Gasteiger partial charge in [-0.15, -0.1) is 0 Å². The molecule has 2 heteroatoms. The first kappa shape index (κ1) is 9.44. The molecule has 2 nitrogen and oxygen atoms in total. The topological polar surface area (TPSA) is 18.5 Å². The number of rotatable bonds is 2. The zero-order valence-electron chi connectivity index (χ0n) is 8.27. The van der Waals surface area contributed by atoms with E-state index in [4.69, 9.17) is 9.47 Å². The summed E-state index contributed by atoms with van der Waals surface area (Å²) in [6.45, 7) is 3.28. The van der Waals surface area contributed by atoms with Crippen LogP contribution in [0.3, 0.4) is 0 Å². The lowest BCUT2D eigenvalue weighted by molar-refractivity contribution is -0.0990. The Bertz CT molecular complexity index is 310. The Kier molecular flexibility index (Phi) is 2.66. The van der Waals surface area contributed by atoms with Crippen LogP contribution in [0.1, 0.15) is 12.5 Å². The first-order chi connectivity index (χ1) is 6.79. The van der Waals surface area contributed by atoms with Gasteiger partial charge in [0.1, 0.15) is 0 Å². The van der Waals surface area contributed by atoms with Gasteiger partial charge in [-0.25, -0.2) is 0 Å². The second-order valence-electron chi connectivity index (χ2n) is 3.46. The van der Waals surface area contributed by atoms with E-state index in [1.54, 1.807) is 0 Å². The maximum absolute atomic E-state index is 5.45. The van der Waals surface area contributed by atoms with E-state index in [1.165, 1.54) is 0 Å². The largest absolute Gasteiger partial charge is 0.344 e. The molecule has 0 aliphatic carbocycles. The molecule has 1 saturated heterocycles. The van der Waals surface area contributed by atoms with E-state index in [0.29, 0.717) is 13.2 Å². The summed E-state index contributed by atoms with van der Waals surface area (Å²) in [4.78, 5) is 0. The monoisotopic (exact) mass is 190 g/mol. The zero-order valence-corrected chi connectivity index (χ0v) is 8.27. The molecule has 0 atom stereocenters. The van der Waals surface area contributed by atoms with E-state index in [9.17, 15) is 0 Å². The summed E-state index contributed by atoms with van der Waals surface area (Å²) in [5, 5.41) is 0. The lowest BCUT2D eigenvalue weighted by Gasteiger charge is -2.16. The van der Waals surface area contributed by atoms with Crippen LogP contribution >= 0.6 is 0 Å². The van der Waals surface area contributed by atoms with E-state index in [2.05, 4.69) is 12.1 Å². The van der Waals surface area contributed by atoms with Crippen molar-refractivity contribution < 1.29 is 9.47 Å². The van der Waals surface area contributed by atoms with Crippen molar-refractivity contribution >= 4 is 6.08 Å². The van der Waals surface area contributed by atoms with E-state index in [1.807, 2.05) is 37.3 Å². The van der Waals surface area contributed by atoms with E-state index in [-0.39, 0.29) is 0 Å². The molecule has 0 N–H and O–H groups in total. The molecule has 2 rings (SSSR count). The summed E-state index contributed by atoms with van der Waals surface area (Å²) in [7, 11) is 0. The summed E-state index contributed by atoms with van der Waals surface area (Å²) in [6.07, 6.45) is 3.97. The van der Waals surface area contributed by atoms with E-state index < -0.39 is 5.79 Å². The van der Waals surface area contributed by atoms with Gasteiger partial charge in [0.05, 0.1) is 13.2 Å². The average molecular weight is 190 g/mol. The maximum Gasteiger partial charge on any atom is 0.185 e. The Labute approximate surface area is 84.2 Å². The fraction of sp³-hybridized carbons (Fsp3) is 0.333. The third-order valence-electron chi connectivity index (χ3n) is 2.24. The molecule has 1 fully saturated rings. The van der Waals surface area contributed by atoms with Gasteiger partial charge in [-0.1, -0.05) is 36.4 Å². The van der Waals surface area contributed by atoms with Crippen LogP contribution in [0.15, 0.2) is 36.4 Å². The Morgan fingerprint density at radius 1 is 1.14 bits per heavy atom. The van der Waals surface area contributed by atoms with Crippen LogP contribution < -0.4 is 0 Å². The van der Waals surface area contributed by atoms with Crippen LogP contribution in [0.4, 0.5) is 0 Å². The minimum Gasteiger partial charge on any atom is -0.344 e. The van der Waals surface area contributed by atoms with Crippen LogP contribution in [-0.4, -0.2) is 19.0 Å². The highest BCUT2D eigenvalue weighted by Crippen LogP contribution is 2.20. The Morgan fingerprint density at radius 2 is 1.79 bits per heavy atom. The quantitative estimate of drug-likeness (QED) is 0.713. The van der Waals surface area contributed by atoms with Gasteiger partial charge in [0, 0.05) is 0 Å². The molecule has 0 radical (unpaired) electrons. The van der Waals surface area contributed by atoms with Crippen molar-refractivity contribution in [2.24, 2.45) is 0 Å². The van der Waals surface area contributed by atoms with Gasteiger partial charge in [-0.3, -0.25) is 0 Å². The van der Waals surface area contributed by atoms with Crippen molar-refractivity contribution in [2.75, 3.05) is 13.2 Å². The molecule has 1 aliphatic heterocycles. The van der Waals surface area contributed by atoms with Crippen molar-refractivity contribution in [1.82, 2.24) is 0 Å². The Balaban J connectivity index is 2.06. The van der Waals surface area contributed by atoms with Crippen LogP contribution in [0.2, 0.25) is 0 Å². The molecule has 1 aromatic rings. The highest BCUT2D eigenvalue weighted by atomic mass is 16.7. The summed E-state index contributed by atoms with van der Waals surface area (Å²) >= 11 is 0. The third kappa shape index (κ3) is 2.22. The highest BCUT2D eigenvalue weighted by Gasteiger charge is 2.27. The van der Waals surface area contributed by atoms with E-state index >= 15 is 0 Å². The van der Waals surface area contributed by atoms with Crippen molar-refractivity contribution in [3.05, 3.63) is 42.0 Å². The normalized spacial score (nSPS) is 20.4. The molecule has 0 saturated carbocycles. The minimum absolute atomic E-state index is 0.532. The molecular weight excluding hydrogens is 176 g/mol. The van der Waals surface area contributed by atoms with Gasteiger partial charge >= 0.3 is 0 Å². The van der Waals surface area contributed by atoms with Crippen molar-refractivity contribution in [1.29, 1.82) is 0 Å². The van der Waals surface area contributed by atoms with Crippen LogP contribution in [-0.2, 0) is 9.47 Å². The van der Waals surface area contributed by atoms with Gasteiger partial charge in [0.2, 0.25) is 0 Å². The lowest BCUT2D eigenvalue weighted by Crippen LogP contribution is -2.21. The molecule has 0 bridgehead atoms. The Morgan fingerprint density at radius 3 is 2.43 bits per heavy atom. The molecule has 0 unspecified atom stereocenters. The fourth-order valence-electron chi connectivity index (χ4n) is 1.44. The number of hydrogen-bond acceptors (Lipinski definition) is 2. The van der Waals surface area contributed by atoms with Gasteiger partial charge in [0.15, 0.2) is 5.79 Å². The predicted octanol–water partition coefficient (Wildman–Crippen LogP) is 2.46. The molecule has 0 amide bonds. The third-order valence-corrected chi connectivity index (χ3v) is 2.24. The lowest BCUT2D eigenvalue weighted by atomic mass is 10.2. The summed E-state index contributed by atoms with van der Waals surface area (Å²) in [5.74, 6) is -0.532. The fourth-order valence-corrected chi connectivity index (χ4v) is 1.44. The average Bonchev–Trinajstić information content (AvgIpc) is 2.65. The minimum atomic E-state index is -0.532. The Hall–Kier alpha value is -1.12. The standard InChI is InChI=1S/C12H14O2/c1-12(13-9-10-14-12)8-7-11-5-3-2-4-6-11/h2-8H,9-10H2,1H3/b8-7+. The first-order valence-electron chi connectivity index (χ1n) is 4.81. The molecule has 1 aliphatic rings. The SMILES string of the molecule is CC1(/C=C/c2ccccc2)OCCO1. The molecule has 1 aromatic carbocycles. The van der Waals surface area contributed by atoms with Crippen LogP contribution in [0.25, 0.3) is 6.08 Å². The maximum atomic E-state index is 5.45. The number of benzene rings is 1. The van der Waals surface area contributed by atoms with Gasteiger partial charge < -0.3 is 9.47 Å². The van der Waals surface area contributed by atoms with Gasteiger partial charge in [0.25, 0.3) is 0 Å². The predicted molar refractivity (Wildman–Crippen MR) is 55.8 cm³/mol. The first-order valence-corrected chi connectivity index (χ1v) is 4.81. The molecule has 0 aromatic heterocycles. The van der Waals surface area contributed by atoms with Crippen LogP contribution in [0.5, 0.6) is 0 Å². The van der Waals surface area contributed by atoms with Crippen molar-refractivity contribution in [3.63, 3.8) is 0 Å². The molecule has 1 heterocycles. The van der Waals surface area contributed by atoms with Crippen molar-refractivity contribution in [2.45, 2.75) is 12.7 Å².